The van der Waals surface area contributed by atoms with Crippen LogP contribution in [0.5, 0.6) is 0 Å². The van der Waals surface area contributed by atoms with Crippen LogP contribution < -0.4 is 0 Å². The Morgan fingerprint density at radius 3 is 2.60 bits per heavy atom. The molecule has 0 aromatic carbocycles. The zero-order chi connectivity index (χ0) is 11.1. The molecule has 0 aliphatic carbocycles. The maximum absolute atomic E-state index is 4.19. The van der Waals surface area contributed by atoms with Gasteiger partial charge in [-0.2, -0.15) is 5.10 Å². The SMILES string of the molecule is Cc1cc(-n2cnnc2C(C)(C)C)n[nH]1. The van der Waals surface area contributed by atoms with Crippen LogP contribution in [0, 0.1) is 6.92 Å². The summed E-state index contributed by atoms with van der Waals surface area (Å²) in [6, 6.07) is 1.97. The summed E-state index contributed by atoms with van der Waals surface area (Å²) in [7, 11) is 0. The maximum atomic E-state index is 4.19. The number of rotatable bonds is 1. The lowest BCUT2D eigenvalue weighted by Gasteiger charge is -2.17. The highest BCUT2D eigenvalue weighted by Gasteiger charge is 2.22. The van der Waals surface area contributed by atoms with Crippen molar-refractivity contribution in [2.45, 2.75) is 33.1 Å². The molecule has 0 saturated carbocycles. The minimum absolute atomic E-state index is 0.0383. The van der Waals surface area contributed by atoms with Crippen LogP contribution in [0.2, 0.25) is 0 Å². The minimum atomic E-state index is -0.0383. The quantitative estimate of drug-likeness (QED) is 0.769. The first-order valence-corrected chi connectivity index (χ1v) is 4.91. The predicted molar refractivity (Wildman–Crippen MR) is 56.9 cm³/mol. The van der Waals surface area contributed by atoms with Gasteiger partial charge in [0.15, 0.2) is 5.82 Å². The van der Waals surface area contributed by atoms with Gasteiger partial charge in [-0.15, -0.1) is 10.2 Å². The molecule has 2 aromatic heterocycles. The van der Waals surface area contributed by atoms with Gasteiger partial charge in [-0.1, -0.05) is 20.8 Å². The molecule has 2 rings (SSSR count). The molecule has 2 heterocycles. The maximum Gasteiger partial charge on any atom is 0.161 e. The van der Waals surface area contributed by atoms with Crippen LogP contribution in [-0.2, 0) is 5.41 Å². The van der Waals surface area contributed by atoms with Gasteiger partial charge in [0.05, 0.1) is 0 Å². The lowest BCUT2D eigenvalue weighted by atomic mass is 9.96. The van der Waals surface area contributed by atoms with E-state index in [0.717, 1.165) is 17.3 Å². The lowest BCUT2D eigenvalue weighted by Crippen LogP contribution is -2.18. The zero-order valence-electron chi connectivity index (χ0n) is 9.44. The minimum Gasteiger partial charge on any atom is -0.281 e. The number of hydrogen-bond donors (Lipinski definition) is 1. The van der Waals surface area contributed by atoms with E-state index >= 15 is 0 Å². The predicted octanol–water partition coefficient (Wildman–Crippen LogP) is 1.60. The molecular weight excluding hydrogens is 190 g/mol. The average Bonchev–Trinajstić information content (AvgIpc) is 2.68. The molecule has 5 nitrogen and oxygen atoms in total. The third-order valence-corrected chi connectivity index (χ3v) is 2.16. The second-order valence-corrected chi connectivity index (χ2v) is 4.68. The molecule has 0 saturated heterocycles. The van der Waals surface area contributed by atoms with Gasteiger partial charge in [0, 0.05) is 17.2 Å². The second kappa shape index (κ2) is 3.18. The highest BCUT2D eigenvalue weighted by molar-refractivity contribution is 5.26. The average molecular weight is 205 g/mol. The Labute approximate surface area is 88.5 Å². The summed E-state index contributed by atoms with van der Waals surface area (Å²) in [4.78, 5) is 0. The topological polar surface area (TPSA) is 59.4 Å². The van der Waals surface area contributed by atoms with Crippen molar-refractivity contribution < 1.29 is 0 Å². The molecule has 2 aromatic rings. The van der Waals surface area contributed by atoms with Crippen molar-refractivity contribution in [2.75, 3.05) is 0 Å². The molecule has 0 atom stereocenters. The highest BCUT2D eigenvalue weighted by Crippen LogP contribution is 2.21. The van der Waals surface area contributed by atoms with E-state index in [1.807, 2.05) is 17.6 Å². The Morgan fingerprint density at radius 1 is 1.33 bits per heavy atom. The van der Waals surface area contributed by atoms with Crippen LogP contribution in [-0.4, -0.2) is 25.0 Å². The van der Waals surface area contributed by atoms with E-state index in [9.17, 15) is 0 Å². The van der Waals surface area contributed by atoms with Crippen molar-refractivity contribution in [1.82, 2.24) is 25.0 Å². The number of aromatic nitrogens is 5. The third kappa shape index (κ3) is 1.77. The Morgan fingerprint density at radius 2 is 2.07 bits per heavy atom. The van der Waals surface area contributed by atoms with E-state index in [2.05, 4.69) is 41.2 Å². The van der Waals surface area contributed by atoms with E-state index in [0.29, 0.717) is 0 Å². The van der Waals surface area contributed by atoms with Gasteiger partial charge in [-0.25, -0.2) is 0 Å². The van der Waals surface area contributed by atoms with Gasteiger partial charge >= 0.3 is 0 Å². The molecule has 1 N–H and O–H groups in total. The normalized spacial score (nSPS) is 12.0. The van der Waals surface area contributed by atoms with Crippen molar-refractivity contribution >= 4 is 0 Å². The molecule has 15 heavy (non-hydrogen) atoms. The second-order valence-electron chi connectivity index (χ2n) is 4.68. The van der Waals surface area contributed by atoms with Gasteiger partial charge in [-0.05, 0) is 6.92 Å². The monoisotopic (exact) mass is 205 g/mol. The largest absolute Gasteiger partial charge is 0.281 e. The van der Waals surface area contributed by atoms with Crippen LogP contribution >= 0.6 is 0 Å². The number of aromatic amines is 1. The summed E-state index contributed by atoms with van der Waals surface area (Å²) in [6.45, 7) is 8.28. The van der Waals surface area contributed by atoms with Crippen LogP contribution in [0.15, 0.2) is 12.4 Å². The summed E-state index contributed by atoms with van der Waals surface area (Å²) in [5, 5.41) is 15.2. The van der Waals surface area contributed by atoms with Crippen LogP contribution in [0.4, 0.5) is 0 Å². The molecule has 0 aliphatic rings. The Balaban J connectivity index is 2.50. The summed E-state index contributed by atoms with van der Waals surface area (Å²) in [6.07, 6.45) is 1.69. The molecule has 0 amide bonds. The molecule has 0 spiro atoms. The molecular formula is C10H15N5. The number of hydrogen-bond acceptors (Lipinski definition) is 3. The molecule has 0 aliphatic heterocycles. The lowest BCUT2D eigenvalue weighted by molar-refractivity contribution is 0.531. The smallest absolute Gasteiger partial charge is 0.161 e. The van der Waals surface area contributed by atoms with E-state index in [1.165, 1.54) is 0 Å². The molecule has 0 fully saturated rings. The molecule has 5 heteroatoms. The highest BCUT2D eigenvalue weighted by atomic mass is 15.3. The van der Waals surface area contributed by atoms with E-state index < -0.39 is 0 Å². The summed E-state index contributed by atoms with van der Waals surface area (Å²) in [5.74, 6) is 1.75. The molecule has 0 unspecified atom stereocenters. The fourth-order valence-corrected chi connectivity index (χ4v) is 1.44. The van der Waals surface area contributed by atoms with E-state index in [-0.39, 0.29) is 5.41 Å². The first-order chi connectivity index (χ1) is 6.98. The standard InChI is InChI=1S/C10H15N5/c1-7-5-8(13-12-7)15-6-11-14-9(15)10(2,3)4/h5-6H,1-4H3,(H,12,13). The Bertz CT molecular complexity index is 460. The summed E-state index contributed by atoms with van der Waals surface area (Å²) < 4.78 is 1.91. The Hall–Kier alpha value is -1.65. The fraction of sp³-hybridized carbons (Fsp3) is 0.500. The van der Waals surface area contributed by atoms with Gasteiger partial charge in [-0.3, -0.25) is 9.67 Å². The third-order valence-electron chi connectivity index (χ3n) is 2.16. The number of nitrogens with zero attached hydrogens (tertiary/aromatic N) is 4. The van der Waals surface area contributed by atoms with Crippen molar-refractivity contribution in [1.29, 1.82) is 0 Å². The van der Waals surface area contributed by atoms with Crippen LogP contribution in [0.1, 0.15) is 32.3 Å². The zero-order valence-corrected chi connectivity index (χ0v) is 9.44. The van der Waals surface area contributed by atoms with Gasteiger partial charge < -0.3 is 0 Å². The fourth-order valence-electron chi connectivity index (χ4n) is 1.44. The van der Waals surface area contributed by atoms with Crippen LogP contribution in [0.3, 0.4) is 0 Å². The molecule has 80 valence electrons. The van der Waals surface area contributed by atoms with Gasteiger partial charge in [0.1, 0.15) is 12.2 Å². The van der Waals surface area contributed by atoms with Gasteiger partial charge in [0.25, 0.3) is 0 Å². The van der Waals surface area contributed by atoms with Crippen molar-refractivity contribution in [3.05, 3.63) is 23.9 Å². The van der Waals surface area contributed by atoms with Crippen molar-refractivity contribution in [2.24, 2.45) is 0 Å². The number of nitrogens with one attached hydrogen (secondary N) is 1. The van der Waals surface area contributed by atoms with Crippen molar-refractivity contribution in [3.63, 3.8) is 0 Å². The van der Waals surface area contributed by atoms with Gasteiger partial charge in [0.2, 0.25) is 0 Å². The Kier molecular flexibility index (Phi) is 2.10. The summed E-state index contributed by atoms with van der Waals surface area (Å²) >= 11 is 0. The van der Waals surface area contributed by atoms with Crippen molar-refractivity contribution in [3.8, 4) is 5.82 Å². The van der Waals surface area contributed by atoms with E-state index in [1.54, 1.807) is 6.33 Å². The molecule has 0 radical (unpaired) electrons. The number of aryl methyl sites for hydroxylation is 1. The first kappa shape index (κ1) is 9.89. The first-order valence-electron chi connectivity index (χ1n) is 4.91. The van der Waals surface area contributed by atoms with Crippen LogP contribution in [0.25, 0.3) is 5.82 Å². The van der Waals surface area contributed by atoms with E-state index in [4.69, 9.17) is 0 Å². The summed E-state index contributed by atoms with van der Waals surface area (Å²) in [5.41, 5.74) is 0.988. The molecule has 0 bridgehead atoms. The number of H-pyrrole nitrogens is 1.